The van der Waals surface area contributed by atoms with E-state index in [2.05, 4.69) is 37.2 Å². The molecule has 2 saturated heterocycles. The van der Waals surface area contributed by atoms with E-state index >= 15 is 0 Å². The van der Waals surface area contributed by atoms with E-state index in [1.54, 1.807) is 56.3 Å². The maximum absolute atomic E-state index is 14.8. The molecule has 2 aromatic carbocycles. The maximum Gasteiger partial charge on any atom is 0.246 e. The first-order chi connectivity index (χ1) is 35.7. The third-order valence-corrected chi connectivity index (χ3v) is 16.5. The quantitative estimate of drug-likeness (QED) is 0.0618. The number of carbonyl (C=O) groups excluding carboxylic acids is 10. The Bertz CT molecular complexity index is 2310. The normalized spacial score (nSPS) is 22.6. The fourth-order valence-corrected chi connectivity index (χ4v) is 12.1. The highest BCUT2D eigenvalue weighted by Crippen LogP contribution is 2.44. The summed E-state index contributed by atoms with van der Waals surface area (Å²) in [5, 5.41) is 28.9. The number of hydrogen-bond donors (Lipinski definition) is 11. The summed E-state index contributed by atoms with van der Waals surface area (Å²) in [6.45, 7) is 7.32. The van der Waals surface area contributed by atoms with Crippen molar-refractivity contribution in [2.75, 3.05) is 25.4 Å². The molecular weight excluding hydrogens is 1010 g/mol. The molecule has 75 heavy (non-hydrogen) atoms. The van der Waals surface area contributed by atoms with Crippen molar-refractivity contribution in [3.8, 4) is 5.75 Å². The minimum absolute atomic E-state index is 0.00748. The molecular formula is C51H75N11O11S2. The minimum atomic E-state index is -1.65. The molecule has 14 N–H and O–H groups in total. The van der Waals surface area contributed by atoms with Gasteiger partial charge in [-0.2, -0.15) is 0 Å². The average molecular weight is 1080 g/mol. The first-order valence-corrected chi connectivity index (χ1v) is 27.8. The molecule has 0 aliphatic carbocycles. The van der Waals surface area contributed by atoms with Gasteiger partial charge in [0.25, 0.3) is 0 Å². The summed E-state index contributed by atoms with van der Waals surface area (Å²) >= 11 is 0. The number of nitrogens with one attached hydrogen (secondary N) is 7. The van der Waals surface area contributed by atoms with E-state index in [1.165, 1.54) is 38.6 Å². The largest absolute Gasteiger partial charge is 0.508 e. The molecule has 2 heterocycles. The smallest absolute Gasteiger partial charge is 0.246 e. The zero-order valence-electron chi connectivity index (χ0n) is 43.2. The van der Waals surface area contributed by atoms with Crippen LogP contribution in [0, 0.1) is 5.92 Å². The summed E-state index contributed by atoms with van der Waals surface area (Å²) in [6.07, 6.45) is 1.79. The molecule has 2 aliphatic rings. The molecule has 22 nitrogen and oxygen atoms in total. The van der Waals surface area contributed by atoms with Crippen LogP contribution in [0.4, 0.5) is 0 Å². The van der Waals surface area contributed by atoms with E-state index in [-0.39, 0.29) is 62.5 Å². The molecule has 2 aromatic rings. The molecule has 7 atom stereocenters. The number of amides is 10. The predicted octanol–water partition coefficient (Wildman–Crippen LogP) is 0.0731. The van der Waals surface area contributed by atoms with E-state index in [4.69, 9.17) is 17.2 Å². The summed E-state index contributed by atoms with van der Waals surface area (Å²) in [5.41, 5.74) is 17.8. The number of hydrogen-bond acceptors (Lipinski definition) is 14. The number of carbonyl (C=O) groups is 10. The summed E-state index contributed by atoms with van der Waals surface area (Å²) in [6, 6.07) is 5.86. The molecule has 4 rings (SSSR count). The standard InChI is InChI=1S/C51H75N11O11S2/c1-5-51(6-2)27-43(66)56-36(25-32-17-19-33(63)20-18-32)46(69)59-37(24-31-13-8-7-9-14-31)47(70)58-35(23-30(3)4)45(68)60-38(26-41(53)64)48(71)61-39(29-74-75-51)50(73)62-22-12-16-40(62)49(72)57-34(15-10-11-21-52)44(67)55-28-42(54)65/h7-9,13-14,17-20,30,34-40,63H,5-6,10-12,15-16,21-29,52H2,1-4H3,(H2,53,64)(H2,54,65)(H,55,67)(H,56,66)(H,57,72)(H,58,70)(H,59,69)(H,60,68)(H,61,71). The molecule has 2 aliphatic heterocycles. The molecule has 10 amide bonds. The van der Waals surface area contributed by atoms with Gasteiger partial charge in [0.15, 0.2) is 0 Å². The molecule has 24 heteroatoms. The topological polar surface area (TPSA) is 356 Å². The van der Waals surface area contributed by atoms with Gasteiger partial charge in [0, 0.05) is 36.3 Å². The molecule has 0 bridgehead atoms. The predicted molar refractivity (Wildman–Crippen MR) is 285 cm³/mol. The lowest BCUT2D eigenvalue weighted by Gasteiger charge is -2.33. The van der Waals surface area contributed by atoms with Crippen LogP contribution in [-0.2, 0) is 60.8 Å². The van der Waals surface area contributed by atoms with Crippen molar-refractivity contribution in [3.63, 3.8) is 0 Å². The Hall–Kier alpha value is -6.40. The van der Waals surface area contributed by atoms with Gasteiger partial charge in [0.2, 0.25) is 59.1 Å². The second kappa shape index (κ2) is 30.2. The zero-order chi connectivity index (χ0) is 55.2. The van der Waals surface area contributed by atoms with Crippen molar-refractivity contribution in [1.82, 2.24) is 42.1 Å². The van der Waals surface area contributed by atoms with Gasteiger partial charge in [0.1, 0.15) is 48.0 Å². The van der Waals surface area contributed by atoms with Gasteiger partial charge in [-0.05, 0) is 87.1 Å². The third-order valence-electron chi connectivity index (χ3n) is 13.0. The third kappa shape index (κ3) is 19.7. The number of benzene rings is 2. The molecule has 0 saturated carbocycles. The second-order valence-electron chi connectivity index (χ2n) is 19.4. The van der Waals surface area contributed by atoms with Crippen molar-refractivity contribution in [1.29, 1.82) is 0 Å². The first-order valence-electron chi connectivity index (χ1n) is 25.5. The number of unbranched alkanes of at least 4 members (excludes halogenated alkanes) is 1. The highest BCUT2D eigenvalue weighted by molar-refractivity contribution is 8.77. The van der Waals surface area contributed by atoms with Crippen LogP contribution >= 0.6 is 21.6 Å². The number of nitrogens with two attached hydrogens (primary N) is 3. The van der Waals surface area contributed by atoms with Crippen molar-refractivity contribution < 1.29 is 53.1 Å². The van der Waals surface area contributed by atoms with Crippen LogP contribution in [0.2, 0.25) is 0 Å². The number of nitrogens with zero attached hydrogens (tertiary/aromatic N) is 1. The minimum Gasteiger partial charge on any atom is -0.508 e. The van der Waals surface area contributed by atoms with Crippen molar-refractivity contribution in [2.24, 2.45) is 23.1 Å². The van der Waals surface area contributed by atoms with Gasteiger partial charge >= 0.3 is 0 Å². The van der Waals surface area contributed by atoms with E-state index in [0.717, 1.165) is 0 Å². The summed E-state index contributed by atoms with van der Waals surface area (Å²) in [4.78, 5) is 139. The number of phenolic OH excluding ortho intramolecular Hbond substituents is 1. The SMILES string of the molecule is CCC1(CC)CC(=O)NC(Cc2ccc(O)cc2)C(=O)NC(Cc2ccccc2)C(=O)NC(CC(C)C)C(=O)NC(CC(N)=O)C(=O)NC(C(=O)N2CCCC2C(=O)NC(CCCCN)C(=O)NCC(N)=O)CSS1. The monoisotopic (exact) mass is 1080 g/mol. The lowest BCUT2D eigenvalue weighted by molar-refractivity contribution is -0.142. The van der Waals surface area contributed by atoms with Crippen LogP contribution in [0.25, 0.3) is 0 Å². The fraction of sp³-hybridized carbons (Fsp3) is 0.569. The van der Waals surface area contributed by atoms with Gasteiger partial charge in [-0.15, -0.1) is 0 Å². The maximum atomic E-state index is 14.8. The van der Waals surface area contributed by atoms with Crippen LogP contribution in [-0.4, -0.2) is 142 Å². The van der Waals surface area contributed by atoms with Gasteiger partial charge < -0.3 is 64.4 Å². The highest BCUT2D eigenvalue weighted by Gasteiger charge is 2.41. The van der Waals surface area contributed by atoms with Crippen LogP contribution < -0.4 is 54.4 Å². The van der Waals surface area contributed by atoms with Crippen LogP contribution in [0.15, 0.2) is 54.6 Å². The van der Waals surface area contributed by atoms with Crippen LogP contribution in [0.1, 0.15) is 103 Å². The molecule has 0 aromatic heterocycles. The Morgan fingerprint density at radius 3 is 1.96 bits per heavy atom. The van der Waals surface area contributed by atoms with Crippen molar-refractivity contribution in [2.45, 2.75) is 152 Å². The summed E-state index contributed by atoms with van der Waals surface area (Å²) in [7, 11) is 2.47. The van der Waals surface area contributed by atoms with E-state index in [9.17, 15) is 53.1 Å². The molecule has 0 spiro atoms. The van der Waals surface area contributed by atoms with Gasteiger partial charge in [0.05, 0.1) is 13.0 Å². The molecule has 0 radical (unpaired) electrons. The Kier molecular flexibility index (Phi) is 24.6. The lowest BCUT2D eigenvalue weighted by Crippen LogP contribution is -2.61. The van der Waals surface area contributed by atoms with Gasteiger partial charge in [-0.25, -0.2) is 0 Å². The number of phenols is 1. The van der Waals surface area contributed by atoms with E-state index < -0.39 is 119 Å². The Labute approximate surface area is 445 Å². The fourth-order valence-electron chi connectivity index (χ4n) is 8.76. The summed E-state index contributed by atoms with van der Waals surface area (Å²) < 4.78 is -0.805. The number of aromatic hydroxyl groups is 1. The lowest BCUT2D eigenvalue weighted by atomic mass is 9.96. The van der Waals surface area contributed by atoms with Gasteiger partial charge in [-0.3, -0.25) is 47.9 Å². The van der Waals surface area contributed by atoms with Crippen molar-refractivity contribution >= 4 is 80.7 Å². The number of primary amides is 2. The molecule has 412 valence electrons. The summed E-state index contributed by atoms with van der Waals surface area (Å²) in [5.74, 6) is -7.92. The Balaban J connectivity index is 1.77. The van der Waals surface area contributed by atoms with E-state index in [1.807, 2.05) is 13.8 Å². The van der Waals surface area contributed by atoms with E-state index in [0.29, 0.717) is 49.8 Å². The van der Waals surface area contributed by atoms with Crippen LogP contribution in [0.3, 0.4) is 0 Å². The van der Waals surface area contributed by atoms with Crippen molar-refractivity contribution in [3.05, 3.63) is 65.7 Å². The molecule has 7 unspecified atom stereocenters. The average Bonchev–Trinajstić information content (AvgIpc) is 3.87. The first kappa shape index (κ1) is 61.1. The second-order valence-corrected chi connectivity index (χ2v) is 22.2. The Morgan fingerprint density at radius 1 is 0.773 bits per heavy atom. The zero-order valence-corrected chi connectivity index (χ0v) is 44.8. The number of likely N-dealkylation sites (tertiary alicyclic amines) is 1. The van der Waals surface area contributed by atoms with Crippen LogP contribution in [0.5, 0.6) is 5.75 Å². The highest BCUT2D eigenvalue weighted by atomic mass is 33.1. The Morgan fingerprint density at radius 2 is 1.36 bits per heavy atom. The molecule has 2 fully saturated rings. The number of rotatable bonds is 20. The van der Waals surface area contributed by atoms with Gasteiger partial charge in [-0.1, -0.05) is 91.7 Å².